The van der Waals surface area contributed by atoms with Crippen molar-refractivity contribution in [3.63, 3.8) is 0 Å². The molecule has 1 unspecified atom stereocenters. The molecule has 1 aromatic rings. The first-order chi connectivity index (χ1) is 5.79. The lowest BCUT2D eigenvalue weighted by atomic mass is 10.2. The first-order valence-electron chi connectivity index (χ1n) is 4.60. The predicted molar refractivity (Wildman–Crippen MR) is 52.2 cm³/mol. The van der Waals surface area contributed by atoms with E-state index in [1.165, 1.54) is 12.1 Å². The molecule has 0 aliphatic heterocycles. The fraction of sp³-hybridized carbons (Fsp3) is 0.600. The molecule has 0 radical (unpaired) electrons. The van der Waals surface area contributed by atoms with Crippen molar-refractivity contribution in [3.8, 4) is 0 Å². The monoisotopic (exact) mass is 166 g/mol. The molecular formula is C10H18N2. The molecule has 0 bridgehead atoms. The summed E-state index contributed by atoms with van der Waals surface area (Å²) < 4.78 is 2.33. The number of nitrogens with zero attached hydrogens (tertiary/aromatic N) is 1. The minimum Gasteiger partial charge on any atom is -0.347 e. The highest BCUT2D eigenvalue weighted by molar-refractivity contribution is 5.08. The van der Waals surface area contributed by atoms with Crippen LogP contribution in [0.5, 0.6) is 0 Å². The van der Waals surface area contributed by atoms with E-state index in [-0.39, 0.29) is 0 Å². The van der Waals surface area contributed by atoms with E-state index in [0.717, 1.165) is 6.54 Å². The molecule has 0 saturated carbocycles. The van der Waals surface area contributed by atoms with Gasteiger partial charge in [0.1, 0.15) is 0 Å². The van der Waals surface area contributed by atoms with Gasteiger partial charge in [0.05, 0.1) is 0 Å². The zero-order chi connectivity index (χ0) is 8.97. The largest absolute Gasteiger partial charge is 0.347 e. The Labute approximate surface area is 74.6 Å². The Morgan fingerprint density at radius 2 is 2.33 bits per heavy atom. The van der Waals surface area contributed by atoms with Crippen molar-refractivity contribution < 1.29 is 0 Å². The van der Waals surface area contributed by atoms with Crippen LogP contribution in [0.25, 0.3) is 0 Å². The highest BCUT2D eigenvalue weighted by Gasteiger charge is 2.04. The van der Waals surface area contributed by atoms with Crippen molar-refractivity contribution in [3.05, 3.63) is 24.0 Å². The molecule has 1 heterocycles. The van der Waals surface area contributed by atoms with Gasteiger partial charge in [-0.2, -0.15) is 0 Å². The molecule has 0 fully saturated rings. The number of rotatable bonds is 4. The zero-order valence-corrected chi connectivity index (χ0v) is 8.17. The maximum atomic E-state index is 3.17. The second-order valence-corrected chi connectivity index (χ2v) is 3.19. The van der Waals surface area contributed by atoms with Crippen molar-refractivity contribution >= 4 is 0 Å². The summed E-state index contributed by atoms with van der Waals surface area (Å²) in [4.78, 5) is 0. The average molecular weight is 166 g/mol. The summed E-state index contributed by atoms with van der Waals surface area (Å²) >= 11 is 0. The van der Waals surface area contributed by atoms with Crippen LogP contribution in [-0.4, -0.2) is 11.6 Å². The summed E-state index contributed by atoms with van der Waals surface area (Å²) in [7, 11) is 1.98. The smallest absolute Gasteiger partial charge is 0.0357 e. The Bertz CT molecular complexity index is 227. The molecule has 68 valence electrons. The Morgan fingerprint density at radius 3 is 2.92 bits per heavy atom. The SMILES string of the molecule is CCC(C)n1cccc1CNC. The lowest BCUT2D eigenvalue weighted by Crippen LogP contribution is -2.13. The van der Waals surface area contributed by atoms with Crippen molar-refractivity contribution in [1.29, 1.82) is 0 Å². The van der Waals surface area contributed by atoms with Gasteiger partial charge in [0.2, 0.25) is 0 Å². The third-order valence-corrected chi connectivity index (χ3v) is 2.29. The van der Waals surface area contributed by atoms with Gasteiger partial charge in [0, 0.05) is 24.5 Å². The topological polar surface area (TPSA) is 17.0 Å². The van der Waals surface area contributed by atoms with Gasteiger partial charge in [-0.15, -0.1) is 0 Å². The van der Waals surface area contributed by atoms with Gasteiger partial charge in [0.15, 0.2) is 0 Å². The molecule has 1 aromatic heterocycles. The van der Waals surface area contributed by atoms with Gasteiger partial charge in [-0.25, -0.2) is 0 Å². The molecule has 1 N–H and O–H groups in total. The molecule has 0 aromatic carbocycles. The van der Waals surface area contributed by atoms with E-state index < -0.39 is 0 Å². The molecule has 0 saturated heterocycles. The van der Waals surface area contributed by atoms with Crippen molar-refractivity contribution in [1.82, 2.24) is 9.88 Å². The quantitative estimate of drug-likeness (QED) is 0.725. The van der Waals surface area contributed by atoms with Crippen molar-refractivity contribution in [2.45, 2.75) is 32.9 Å². The average Bonchev–Trinajstić information content (AvgIpc) is 2.52. The van der Waals surface area contributed by atoms with Gasteiger partial charge in [-0.1, -0.05) is 6.92 Å². The zero-order valence-electron chi connectivity index (χ0n) is 8.17. The molecule has 0 aliphatic rings. The number of hydrogen-bond donors (Lipinski definition) is 1. The van der Waals surface area contributed by atoms with E-state index in [1.54, 1.807) is 0 Å². The van der Waals surface area contributed by atoms with Gasteiger partial charge < -0.3 is 9.88 Å². The van der Waals surface area contributed by atoms with Crippen LogP contribution >= 0.6 is 0 Å². The van der Waals surface area contributed by atoms with Crippen molar-refractivity contribution in [2.24, 2.45) is 0 Å². The Kier molecular flexibility index (Phi) is 3.35. The third-order valence-electron chi connectivity index (χ3n) is 2.29. The molecule has 0 aliphatic carbocycles. The van der Waals surface area contributed by atoms with Crippen LogP contribution in [0.2, 0.25) is 0 Å². The number of nitrogens with one attached hydrogen (secondary N) is 1. The Hall–Kier alpha value is -0.760. The van der Waals surface area contributed by atoms with E-state index >= 15 is 0 Å². The first-order valence-corrected chi connectivity index (χ1v) is 4.60. The summed E-state index contributed by atoms with van der Waals surface area (Å²) in [6.07, 6.45) is 3.34. The van der Waals surface area contributed by atoms with Gasteiger partial charge in [-0.05, 0) is 32.5 Å². The third kappa shape index (κ3) is 1.89. The van der Waals surface area contributed by atoms with E-state index in [9.17, 15) is 0 Å². The van der Waals surface area contributed by atoms with Gasteiger partial charge in [0.25, 0.3) is 0 Å². The summed E-state index contributed by atoms with van der Waals surface area (Å²) in [5, 5.41) is 3.17. The summed E-state index contributed by atoms with van der Waals surface area (Å²) in [6, 6.07) is 4.89. The standard InChI is InChI=1S/C10H18N2/c1-4-9(2)12-7-5-6-10(12)8-11-3/h5-7,9,11H,4,8H2,1-3H3. The van der Waals surface area contributed by atoms with Crippen LogP contribution in [0.3, 0.4) is 0 Å². The van der Waals surface area contributed by atoms with Crippen LogP contribution in [0, 0.1) is 0 Å². The molecule has 12 heavy (non-hydrogen) atoms. The number of aromatic nitrogens is 1. The fourth-order valence-electron chi connectivity index (χ4n) is 1.39. The Morgan fingerprint density at radius 1 is 1.58 bits per heavy atom. The Balaban J connectivity index is 2.76. The van der Waals surface area contributed by atoms with Crippen LogP contribution < -0.4 is 5.32 Å². The van der Waals surface area contributed by atoms with Gasteiger partial charge >= 0.3 is 0 Å². The predicted octanol–water partition coefficient (Wildman–Crippen LogP) is 2.18. The normalized spacial score (nSPS) is 13.2. The maximum absolute atomic E-state index is 3.17. The highest BCUT2D eigenvalue weighted by Crippen LogP contribution is 2.13. The second kappa shape index (κ2) is 4.31. The highest BCUT2D eigenvalue weighted by atomic mass is 15.0. The summed E-state index contributed by atoms with van der Waals surface area (Å²) in [6.45, 7) is 5.42. The van der Waals surface area contributed by atoms with Crippen LogP contribution in [0.15, 0.2) is 18.3 Å². The van der Waals surface area contributed by atoms with Crippen LogP contribution in [0.1, 0.15) is 32.0 Å². The van der Waals surface area contributed by atoms with E-state index in [0.29, 0.717) is 6.04 Å². The number of hydrogen-bond acceptors (Lipinski definition) is 1. The van der Waals surface area contributed by atoms with Gasteiger partial charge in [-0.3, -0.25) is 0 Å². The molecule has 1 rings (SSSR count). The molecule has 2 nitrogen and oxygen atoms in total. The van der Waals surface area contributed by atoms with E-state index in [1.807, 2.05) is 7.05 Å². The lowest BCUT2D eigenvalue weighted by Gasteiger charge is -2.15. The fourth-order valence-corrected chi connectivity index (χ4v) is 1.39. The first kappa shape index (κ1) is 9.33. The second-order valence-electron chi connectivity index (χ2n) is 3.19. The minimum absolute atomic E-state index is 0.614. The molecule has 2 heteroatoms. The van der Waals surface area contributed by atoms with E-state index in [2.05, 4.69) is 42.1 Å². The minimum atomic E-state index is 0.614. The maximum Gasteiger partial charge on any atom is 0.0357 e. The van der Waals surface area contributed by atoms with Crippen LogP contribution in [0.4, 0.5) is 0 Å². The summed E-state index contributed by atoms with van der Waals surface area (Å²) in [5.41, 5.74) is 1.37. The molecule has 1 atom stereocenters. The molecule has 0 amide bonds. The van der Waals surface area contributed by atoms with E-state index in [4.69, 9.17) is 0 Å². The van der Waals surface area contributed by atoms with Crippen molar-refractivity contribution in [2.75, 3.05) is 7.05 Å². The summed E-state index contributed by atoms with van der Waals surface area (Å²) in [5.74, 6) is 0. The molecular weight excluding hydrogens is 148 g/mol. The van der Waals surface area contributed by atoms with Crippen LogP contribution in [-0.2, 0) is 6.54 Å². The molecule has 0 spiro atoms. The lowest BCUT2D eigenvalue weighted by molar-refractivity contribution is 0.508.